The molecule has 1 aromatic carbocycles. The molecule has 0 aromatic heterocycles. The summed E-state index contributed by atoms with van der Waals surface area (Å²) >= 11 is 0. The Morgan fingerprint density at radius 3 is 2.89 bits per heavy atom. The Balaban J connectivity index is 2.01. The van der Waals surface area contributed by atoms with Gasteiger partial charge in [-0.2, -0.15) is 0 Å². The van der Waals surface area contributed by atoms with Gasteiger partial charge in [-0.1, -0.05) is 12.1 Å². The number of hydrogen-bond donors (Lipinski definition) is 4. The summed E-state index contributed by atoms with van der Waals surface area (Å²) in [5.41, 5.74) is 0.781. The molecule has 7 nitrogen and oxygen atoms in total. The Morgan fingerprint density at radius 2 is 2.21 bits per heavy atom. The topological polar surface area (TPSA) is 108 Å². The van der Waals surface area contributed by atoms with E-state index in [2.05, 4.69) is 10.6 Å². The van der Waals surface area contributed by atoms with Crippen molar-refractivity contribution in [3.05, 3.63) is 24.3 Å². The zero-order valence-corrected chi connectivity index (χ0v) is 10.00. The van der Waals surface area contributed by atoms with E-state index in [0.29, 0.717) is 5.75 Å². The molecule has 0 saturated heterocycles. The van der Waals surface area contributed by atoms with E-state index in [9.17, 15) is 9.59 Å². The molecule has 0 fully saturated rings. The van der Waals surface area contributed by atoms with E-state index < -0.39 is 30.6 Å². The van der Waals surface area contributed by atoms with Crippen molar-refractivity contribution in [2.75, 3.05) is 18.5 Å². The Bertz CT molecular complexity index is 491. The first-order chi connectivity index (χ1) is 9.11. The maximum absolute atomic E-state index is 11.8. The van der Waals surface area contributed by atoms with Gasteiger partial charge < -0.3 is 25.6 Å². The first-order valence-corrected chi connectivity index (χ1v) is 5.75. The third kappa shape index (κ3) is 2.94. The second-order valence-electron chi connectivity index (χ2n) is 4.07. The average Bonchev–Trinajstić information content (AvgIpc) is 2.43. The van der Waals surface area contributed by atoms with Gasteiger partial charge in [-0.3, -0.25) is 4.79 Å². The zero-order valence-electron chi connectivity index (χ0n) is 10.00. The zero-order chi connectivity index (χ0) is 13.8. The summed E-state index contributed by atoms with van der Waals surface area (Å²) < 4.78 is 5.47. The number of rotatable bonds is 4. The van der Waals surface area contributed by atoms with Crippen LogP contribution in [0.3, 0.4) is 0 Å². The minimum Gasteiger partial charge on any atom is -0.480 e. The smallest absolute Gasteiger partial charge is 0.328 e. The lowest BCUT2D eigenvalue weighted by molar-refractivity contribution is -0.144. The molecule has 4 N–H and O–H groups in total. The van der Waals surface area contributed by atoms with Crippen LogP contribution in [0.25, 0.3) is 0 Å². The van der Waals surface area contributed by atoms with Crippen molar-refractivity contribution in [2.24, 2.45) is 0 Å². The number of carbonyl (C=O) groups is 2. The van der Waals surface area contributed by atoms with E-state index in [-0.39, 0.29) is 6.54 Å². The normalized spacial score (nSPS) is 18.5. The summed E-state index contributed by atoms with van der Waals surface area (Å²) in [5.74, 6) is -1.34. The second-order valence-corrected chi connectivity index (χ2v) is 4.07. The minimum absolute atomic E-state index is 0.237. The molecule has 1 unspecified atom stereocenters. The van der Waals surface area contributed by atoms with Crippen LogP contribution in [-0.2, 0) is 9.59 Å². The Morgan fingerprint density at radius 1 is 1.47 bits per heavy atom. The molecule has 102 valence electrons. The number of carboxylic acids is 1. The van der Waals surface area contributed by atoms with Crippen molar-refractivity contribution in [1.82, 2.24) is 5.32 Å². The van der Waals surface area contributed by atoms with E-state index in [4.69, 9.17) is 14.9 Å². The molecule has 0 radical (unpaired) electrons. The first kappa shape index (κ1) is 13.2. The molecule has 19 heavy (non-hydrogen) atoms. The van der Waals surface area contributed by atoms with E-state index in [0.717, 1.165) is 5.69 Å². The molecule has 7 heteroatoms. The van der Waals surface area contributed by atoms with Gasteiger partial charge in [0.15, 0.2) is 6.10 Å². The summed E-state index contributed by atoms with van der Waals surface area (Å²) in [4.78, 5) is 22.5. The van der Waals surface area contributed by atoms with E-state index in [1.54, 1.807) is 12.1 Å². The number of para-hydroxylation sites is 2. The number of aliphatic hydroxyl groups excluding tert-OH is 1. The van der Waals surface area contributed by atoms with Crippen LogP contribution in [0.5, 0.6) is 5.75 Å². The van der Waals surface area contributed by atoms with Crippen LogP contribution in [0, 0.1) is 0 Å². The monoisotopic (exact) mass is 266 g/mol. The third-order valence-electron chi connectivity index (χ3n) is 2.72. The molecule has 0 aliphatic carbocycles. The van der Waals surface area contributed by atoms with Gasteiger partial charge in [0.05, 0.1) is 18.8 Å². The van der Waals surface area contributed by atoms with Gasteiger partial charge in [0.2, 0.25) is 0 Å². The number of anilines is 1. The van der Waals surface area contributed by atoms with Crippen LogP contribution in [0.4, 0.5) is 5.69 Å². The quantitative estimate of drug-likeness (QED) is 0.581. The predicted octanol–water partition coefficient (Wildman–Crippen LogP) is -0.579. The highest BCUT2D eigenvalue weighted by molar-refractivity contribution is 5.87. The number of carboxylic acid groups (broad SMARTS) is 1. The molecule has 1 aliphatic heterocycles. The molecule has 1 amide bonds. The Labute approximate surface area is 109 Å². The summed E-state index contributed by atoms with van der Waals surface area (Å²) in [6.07, 6.45) is -0.830. The molecular formula is C12H14N2O5. The Kier molecular flexibility index (Phi) is 3.86. The molecule has 2 rings (SSSR count). The highest BCUT2D eigenvalue weighted by Crippen LogP contribution is 2.28. The molecule has 0 saturated carbocycles. The number of fused-ring (bicyclic) bond motifs is 1. The van der Waals surface area contributed by atoms with Crippen LogP contribution >= 0.6 is 0 Å². The molecular weight excluding hydrogens is 252 g/mol. The average molecular weight is 266 g/mol. The lowest BCUT2D eigenvalue weighted by atomic mass is 10.2. The van der Waals surface area contributed by atoms with Crippen LogP contribution in [-0.4, -0.2) is 47.4 Å². The molecule has 1 aromatic rings. The van der Waals surface area contributed by atoms with Gasteiger partial charge in [0.25, 0.3) is 5.91 Å². The molecule has 1 heterocycles. The largest absolute Gasteiger partial charge is 0.480 e. The van der Waals surface area contributed by atoms with Gasteiger partial charge in [-0.25, -0.2) is 4.79 Å². The second kappa shape index (κ2) is 5.57. The van der Waals surface area contributed by atoms with Crippen LogP contribution in [0.2, 0.25) is 0 Å². The Hall–Kier alpha value is -2.28. The van der Waals surface area contributed by atoms with Crippen molar-refractivity contribution in [3.8, 4) is 5.75 Å². The van der Waals surface area contributed by atoms with Crippen LogP contribution in [0.1, 0.15) is 0 Å². The highest BCUT2D eigenvalue weighted by atomic mass is 16.5. The molecule has 0 bridgehead atoms. The standard InChI is InChI=1S/C12H14N2O5/c15-6-8(12(17)18)14-11(16)10-5-13-7-3-1-2-4-9(7)19-10/h1-4,8,10,13,15H,5-6H2,(H,14,16)(H,17,18)/t8-,10?/m0/s1. The molecule has 1 aliphatic rings. The number of ether oxygens (including phenoxy) is 1. The maximum Gasteiger partial charge on any atom is 0.328 e. The number of aliphatic carboxylic acids is 1. The summed E-state index contributed by atoms with van der Waals surface area (Å²) in [6, 6.07) is 5.81. The fraction of sp³-hybridized carbons (Fsp3) is 0.333. The third-order valence-corrected chi connectivity index (χ3v) is 2.72. The molecule has 0 spiro atoms. The van der Waals surface area contributed by atoms with Crippen molar-refractivity contribution in [2.45, 2.75) is 12.1 Å². The van der Waals surface area contributed by atoms with Crippen molar-refractivity contribution in [3.63, 3.8) is 0 Å². The minimum atomic E-state index is -1.33. The number of aliphatic hydroxyl groups is 1. The summed E-state index contributed by atoms with van der Waals surface area (Å²) in [5, 5.41) is 22.8. The van der Waals surface area contributed by atoms with Gasteiger partial charge in [-0.05, 0) is 12.1 Å². The van der Waals surface area contributed by atoms with E-state index in [1.165, 1.54) is 0 Å². The van der Waals surface area contributed by atoms with Gasteiger partial charge in [0, 0.05) is 0 Å². The maximum atomic E-state index is 11.8. The molecule has 2 atom stereocenters. The number of nitrogens with one attached hydrogen (secondary N) is 2. The van der Waals surface area contributed by atoms with Crippen molar-refractivity contribution < 1.29 is 24.5 Å². The lowest BCUT2D eigenvalue weighted by Crippen LogP contribution is -2.51. The van der Waals surface area contributed by atoms with Crippen molar-refractivity contribution >= 4 is 17.6 Å². The fourth-order valence-corrected chi connectivity index (χ4v) is 1.71. The number of amides is 1. The van der Waals surface area contributed by atoms with Crippen LogP contribution in [0.15, 0.2) is 24.3 Å². The first-order valence-electron chi connectivity index (χ1n) is 5.75. The van der Waals surface area contributed by atoms with Gasteiger partial charge in [-0.15, -0.1) is 0 Å². The summed E-state index contributed by atoms with van der Waals surface area (Å²) in [7, 11) is 0. The van der Waals surface area contributed by atoms with E-state index >= 15 is 0 Å². The number of benzene rings is 1. The number of carbonyl (C=O) groups excluding carboxylic acids is 1. The lowest BCUT2D eigenvalue weighted by Gasteiger charge is -2.27. The highest BCUT2D eigenvalue weighted by Gasteiger charge is 2.29. The van der Waals surface area contributed by atoms with E-state index in [1.807, 2.05) is 12.1 Å². The van der Waals surface area contributed by atoms with Gasteiger partial charge >= 0.3 is 5.97 Å². The summed E-state index contributed by atoms with van der Waals surface area (Å²) in [6.45, 7) is -0.432. The van der Waals surface area contributed by atoms with Crippen LogP contribution < -0.4 is 15.4 Å². The SMILES string of the molecule is O=C(N[C@@H](CO)C(=O)O)C1CNc2ccccc2O1. The number of hydrogen-bond acceptors (Lipinski definition) is 5. The fourth-order valence-electron chi connectivity index (χ4n) is 1.71. The van der Waals surface area contributed by atoms with Crippen molar-refractivity contribution in [1.29, 1.82) is 0 Å². The van der Waals surface area contributed by atoms with Gasteiger partial charge in [0.1, 0.15) is 11.8 Å². The predicted molar refractivity (Wildman–Crippen MR) is 66.0 cm³/mol.